The predicted molar refractivity (Wildman–Crippen MR) is 144 cm³/mol. The molecule has 0 unspecified atom stereocenters. The van der Waals surface area contributed by atoms with E-state index in [9.17, 15) is 14.7 Å². The lowest BCUT2D eigenvalue weighted by Crippen LogP contribution is -2.27. The summed E-state index contributed by atoms with van der Waals surface area (Å²) in [5, 5.41) is 20.3. The molecule has 1 aliphatic rings. The average molecular weight is 509 g/mol. The van der Waals surface area contributed by atoms with Crippen molar-refractivity contribution in [3.05, 3.63) is 102 Å². The number of carbonyl (C=O) groups is 2. The molecule has 3 aromatic carbocycles. The minimum absolute atomic E-state index is 0.141. The number of carbonyl (C=O) groups excluding carboxylic acids is 1. The number of aryl methyl sites for hydroxylation is 1. The zero-order chi connectivity index (χ0) is 26.6. The van der Waals surface area contributed by atoms with Crippen molar-refractivity contribution in [2.24, 2.45) is 5.10 Å². The van der Waals surface area contributed by atoms with Gasteiger partial charge in [-0.2, -0.15) is 10.2 Å². The molecule has 8 heteroatoms. The first-order chi connectivity index (χ1) is 18.4. The Morgan fingerprint density at radius 1 is 0.947 bits per heavy atom. The molecule has 38 heavy (non-hydrogen) atoms. The summed E-state index contributed by atoms with van der Waals surface area (Å²) in [6.45, 7) is 2.03. The van der Waals surface area contributed by atoms with E-state index in [-0.39, 0.29) is 18.7 Å². The van der Waals surface area contributed by atoms with Gasteiger partial charge in [-0.25, -0.2) is 9.69 Å². The van der Waals surface area contributed by atoms with Crippen LogP contribution < -0.4 is 4.74 Å². The summed E-state index contributed by atoms with van der Waals surface area (Å²) < 4.78 is 7.10. The van der Waals surface area contributed by atoms with Crippen molar-refractivity contribution in [3.63, 3.8) is 0 Å². The molecule has 0 saturated heterocycles. The summed E-state index contributed by atoms with van der Waals surface area (Å²) >= 11 is 0. The van der Waals surface area contributed by atoms with Crippen LogP contribution in [0.2, 0.25) is 0 Å². The molecule has 0 bridgehead atoms. The number of ether oxygens (including phenoxy) is 1. The number of carboxylic acids is 1. The first-order valence-electron chi connectivity index (χ1n) is 12.4. The van der Waals surface area contributed by atoms with Crippen molar-refractivity contribution in [2.45, 2.75) is 32.2 Å². The van der Waals surface area contributed by atoms with Gasteiger partial charge < -0.3 is 9.84 Å². The molecule has 192 valence electrons. The Hall–Kier alpha value is -4.72. The van der Waals surface area contributed by atoms with Gasteiger partial charge in [0.2, 0.25) is 5.91 Å². The van der Waals surface area contributed by atoms with Crippen molar-refractivity contribution < 1.29 is 19.4 Å². The molecule has 0 radical (unpaired) electrons. The molecule has 1 aliphatic heterocycles. The van der Waals surface area contributed by atoms with Crippen LogP contribution in [0, 0.1) is 6.92 Å². The molecular weight excluding hydrogens is 480 g/mol. The lowest BCUT2D eigenvalue weighted by molar-refractivity contribution is -0.141. The number of amides is 1. The number of aliphatic carboxylic acids is 1. The highest BCUT2D eigenvalue weighted by Gasteiger charge is 2.36. The van der Waals surface area contributed by atoms with Crippen molar-refractivity contribution in [3.8, 4) is 22.7 Å². The van der Waals surface area contributed by atoms with Crippen LogP contribution >= 0.6 is 0 Å². The Balaban J connectivity index is 1.59. The van der Waals surface area contributed by atoms with Crippen LogP contribution in [0.15, 0.2) is 90.2 Å². The number of nitrogens with zero attached hydrogens (tertiary/aromatic N) is 4. The van der Waals surface area contributed by atoms with Crippen molar-refractivity contribution in [2.75, 3.05) is 7.11 Å². The number of hydrogen-bond donors (Lipinski definition) is 1. The molecule has 0 saturated carbocycles. The van der Waals surface area contributed by atoms with Crippen LogP contribution in [0.5, 0.6) is 5.75 Å². The van der Waals surface area contributed by atoms with E-state index in [0.717, 1.165) is 45.1 Å². The number of hydrogen-bond acceptors (Lipinski definition) is 5. The highest BCUT2D eigenvalue weighted by atomic mass is 16.5. The summed E-state index contributed by atoms with van der Waals surface area (Å²) in [5.41, 5.74) is 6.16. The summed E-state index contributed by atoms with van der Waals surface area (Å²) in [7, 11) is 1.61. The molecule has 1 amide bonds. The molecule has 5 rings (SSSR count). The van der Waals surface area contributed by atoms with E-state index in [1.165, 1.54) is 5.01 Å². The molecule has 1 N–H and O–H groups in total. The average Bonchev–Trinajstić information content (AvgIpc) is 3.58. The number of carboxylic acid groups (broad SMARTS) is 1. The van der Waals surface area contributed by atoms with E-state index >= 15 is 0 Å². The first-order valence-corrected chi connectivity index (χ1v) is 12.4. The Bertz CT molecular complexity index is 1480. The minimum Gasteiger partial charge on any atom is -0.497 e. The second-order valence-electron chi connectivity index (χ2n) is 9.21. The number of hydrazone groups is 1. The van der Waals surface area contributed by atoms with E-state index in [4.69, 9.17) is 14.9 Å². The van der Waals surface area contributed by atoms with Gasteiger partial charge in [0.1, 0.15) is 5.75 Å². The monoisotopic (exact) mass is 508 g/mol. The number of benzene rings is 3. The zero-order valence-corrected chi connectivity index (χ0v) is 21.2. The fourth-order valence-corrected chi connectivity index (χ4v) is 4.55. The Morgan fingerprint density at radius 3 is 2.29 bits per heavy atom. The van der Waals surface area contributed by atoms with Crippen molar-refractivity contribution in [1.29, 1.82) is 0 Å². The first kappa shape index (κ1) is 25.0. The van der Waals surface area contributed by atoms with E-state index in [2.05, 4.69) is 0 Å². The third-order valence-electron chi connectivity index (χ3n) is 6.59. The van der Waals surface area contributed by atoms with Crippen LogP contribution in [0.1, 0.15) is 42.0 Å². The number of methoxy groups -OCH3 is 1. The van der Waals surface area contributed by atoms with Crippen LogP contribution in [-0.4, -0.2) is 44.6 Å². The second kappa shape index (κ2) is 10.7. The van der Waals surface area contributed by atoms with Crippen molar-refractivity contribution in [1.82, 2.24) is 14.8 Å². The van der Waals surface area contributed by atoms with Crippen LogP contribution in [0.4, 0.5) is 0 Å². The number of para-hydroxylation sites is 1. The second-order valence-corrected chi connectivity index (χ2v) is 9.21. The highest BCUT2D eigenvalue weighted by Crippen LogP contribution is 2.39. The third-order valence-corrected chi connectivity index (χ3v) is 6.59. The molecule has 4 aromatic rings. The molecule has 0 spiro atoms. The summed E-state index contributed by atoms with van der Waals surface area (Å²) in [6, 6.07) is 25.0. The van der Waals surface area contributed by atoms with Crippen LogP contribution in [-0.2, 0) is 9.59 Å². The molecule has 1 aromatic heterocycles. The predicted octanol–water partition coefficient (Wildman–Crippen LogP) is 5.40. The quantitative estimate of drug-likeness (QED) is 0.344. The lowest BCUT2D eigenvalue weighted by atomic mass is 9.96. The molecule has 1 atom stereocenters. The molecular formula is C30H28N4O4. The van der Waals surface area contributed by atoms with Crippen molar-refractivity contribution >= 4 is 17.6 Å². The molecule has 0 fully saturated rings. The van der Waals surface area contributed by atoms with Gasteiger partial charge >= 0.3 is 5.97 Å². The normalized spacial score (nSPS) is 14.8. The highest BCUT2D eigenvalue weighted by molar-refractivity contribution is 6.03. The van der Waals surface area contributed by atoms with Gasteiger partial charge in [0.15, 0.2) is 0 Å². The van der Waals surface area contributed by atoms with Gasteiger partial charge in [-0.05, 0) is 48.9 Å². The molecule has 2 heterocycles. The van der Waals surface area contributed by atoms with Gasteiger partial charge in [-0.1, -0.05) is 48.0 Å². The van der Waals surface area contributed by atoms with Gasteiger partial charge in [-0.15, -0.1) is 0 Å². The number of rotatable bonds is 8. The standard InChI is InChI=1S/C30H28N4O4/c1-20-8-10-22(11-9-20)30-25(19-33(32-30)23-6-4-3-5-7-23)27-18-26(21-12-14-24(38-2)15-13-21)31-34(27)28(35)16-17-29(36)37/h3-15,19,27H,16-18H2,1-2H3,(H,36,37)/t27-/m1/s1. The van der Waals surface area contributed by atoms with Gasteiger partial charge in [0.05, 0.1) is 36.7 Å². The van der Waals surface area contributed by atoms with Gasteiger partial charge in [0.25, 0.3) is 0 Å². The molecule has 0 aliphatic carbocycles. The number of aromatic nitrogens is 2. The van der Waals surface area contributed by atoms with E-state index in [0.29, 0.717) is 6.42 Å². The summed E-state index contributed by atoms with van der Waals surface area (Å²) in [4.78, 5) is 24.5. The summed E-state index contributed by atoms with van der Waals surface area (Å²) in [6.07, 6.45) is 2.01. The van der Waals surface area contributed by atoms with Gasteiger partial charge in [0, 0.05) is 30.2 Å². The lowest BCUT2D eigenvalue weighted by Gasteiger charge is -2.21. The Morgan fingerprint density at radius 2 is 1.63 bits per heavy atom. The SMILES string of the molecule is COc1ccc(C2=NN(C(=O)CCC(=O)O)[C@@H](c3cn(-c4ccccc4)nc3-c3ccc(C)cc3)C2)cc1. The maximum absolute atomic E-state index is 13.3. The topological polar surface area (TPSA) is 97.0 Å². The maximum Gasteiger partial charge on any atom is 0.303 e. The Labute approximate surface area is 220 Å². The Kier molecular flexibility index (Phi) is 7.04. The van der Waals surface area contributed by atoms with Crippen LogP contribution in [0.3, 0.4) is 0 Å². The van der Waals surface area contributed by atoms with E-state index in [1.54, 1.807) is 7.11 Å². The van der Waals surface area contributed by atoms with Gasteiger partial charge in [-0.3, -0.25) is 9.59 Å². The smallest absolute Gasteiger partial charge is 0.303 e. The fraction of sp³-hybridized carbons (Fsp3) is 0.200. The van der Waals surface area contributed by atoms with E-state index in [1.807, 2.05) is 96.7 Å². The zero-order valence-electron chi connectivity index (χ0n) is 21.2. The van der Waals surface area contributed by atoms with Crippen LogP contribution in [0.25, 0.3) is 16.9 Å². The molecule has 8 nitrogen and oxygen atoms in total. The minimum atomic E-state index is -1.02. The fourth-order valence-electron chi connectivity index (χ4n) is 4.55. The largest absolute Gasteiger partial charge is 0.497 e. The third kappa shape index (κ3) is 5.20. The van der Waals surface area contributed by atoms with E-state index < -0.39 is 12.0 Å². The summed E-state index contributed by atoms with van der Waals surface area (Å²) in [5.74, 6) is -0.641. The maximum atomic E-state index is 13.3.